The zero-order valence-electron chi connectivity index (χ0n) is 15.2. The summed E-state index contributed by atoms with van der Waals surface area (Å²) in [5.74, 6) is 0.505. The number of fused-ring (bicyclic) bond motifs is 1. The minimum atomic E-state index is -0.0234. The fourth-order valence-electron chi connectivity index (χ4n) is 3.74. The fraction of sp³-hybridized carbons (Fsp3) is 0.318. The van der Waals surface area contributed by atoms with E-state index in [1.807, 2.05) is 48.5 Å². The minimum absolute atomic E-state index is 0.0234. The lowest BCUT2D eigenvalue weighted by Crippen LogP contribution is -2.38. The Bertz CT molecular complexity index is 895. The number of rotatable bonds is 5. The predicted octanol–water partition coefficient (Wildman–Crippen LogP) is 4.46. The smallest absolute Gasteiger partial charge is 0.267 e. The van der Waals surface area contributed by atoms with E-state index in [1.165, 1.54) is 5.56 Å². The highest BCUT2D eigenvalue weighted by Gasteiger charge is 2.20. The number of para-hydroxylation sites is 1. The Labute approximate surface area is 164 Å². The zero-order valence-corrected chi connectivity index (χ0v) is 16.0. The number of nitrogens with zero attached hydrogens (tertiary/aromatic N) is 1. The molecule has 1 aliphatic rings. The number of amides is 1. The molecule has 0 unspecified atom stereocenters. The van der Waals surface area contributed by atoms with Gasteiger partial charge < -0.3 is 10.3 Å². The number of carbonyl (C=O) groups is 1. The number of likely N-dealkylation sites (tertiary alicyclic amines) is 1. The van der Waals surface area contributed by atoms with Crippen LogP contribution in [0.2, 0.25) is 5.02 Å². The maximum atomic E-state index is 12.4. The SMILES string of the molecule is O=C(NCC1CCN(Cc2ccccc2Cl)CC1)c1cc2ccccc2[nH]1. The van der Waals surface area contributed by atoms with Crippen molar-refractivity contribution in [1.82, 2.24) is 15.2 Å². The van der Waals surface area contributed by atoms with Crippen LogP contribution < -0.4 is 5.32 Å². The van der Waals surface area contributed by atoms with Gasteiger partial charge in [0.2, 0.25) is 0 Å². The van der Waals surface area contributed by atoms with Gasteiger partial charge in [0.25, 0.3) is 5.91 Å². The van der Waals surface area contributed by atoms with E-state index in [0.29, 0.717) is 11.6 Å². The van der Waals surface area contributed by atoms with Crippen molar-refractivity contribution < 1.29 is 4.79 Å². The van der Waals surface area contributed by atoms with Crippen LogP contribution in [0.3, 0.4) is 0 Å². The lowest BCUT2D eigenvalue weighted by molar-refractivity contribution is 0.0931. The maximum Gasteiger partial charge on any atom is 0.267 e. The van der Waals surface area contributed by atoms with Gasteiger partial charge >= 0.3 is 0 Å². The molecule has 1 fully saturated rings. The quantitative estimate of drug-likeness (QED) is 0.685. The Balaban J connectivity index is 1.25. The van der Waals surface area contributed by atoms with Crippen molar-refractivity contribution in [2.24, 2.45) is 5.92 Å². The second-order valence-corrected chi connectivity index (χ2v) is 7.70. The summed E-state index contributed by atoms with van der Waals surface area (Å²) in [6.45, 7) is 3.71. The molecule has 1 aromatic heterocycles. The molecule has 1 aliphatic heterocycles. The van der Waals surface area contributed by atoms with Gasteiger partial charge in [-0.05, 0) is 55.6 Å². The van der Waals surface area contributed by atoms with Crippen molar-refractivity contribution in [3.8, 4) is 0 Å². The van der Waals surface area contributed by atoms with Crippen molar-refractivity contribution in [1.29, 1.82) is 0 Å². The van der Waals surface area contributed by atoms with Gasteiger partial charge in [-0.2, -0.15) is 0 Å². The van der Waals surface area contributed by atoms with Crippen LogP contribution in [0.25, 0.3) is 10.9 Å². The Morgan fingerprint density at radius 1 is 1.11 bits per heavy atom. The molecule has 27 heavy (non-hydrogen) atoms. The van der Waals surface area contributed by atoms with Gasteiger partial charge in [0.05, 0.1) is 0 Å². The Kier molecular flexibility index (Phi) is 5.46. The average molecular weight is 382 g/mol. The molecule has 0 bridgehead atoms. The molecule has 0 atom stereocenters. The average Bonchev–Trinajstić information content (AvgIpc) is 3.13. The Hall–Kier alpha value is -2.30. The number of nitrogens with one attached hydrogen (secondary N) is 2. The normalized spacial score (nSPS) is 15.9. The number of piperidine rings is 1. The summed E-state index contributed by atoms with van der Waals surface area (Å²) in [5.41, 5.74) is 2.81. The first-order valence-electron chi connectivity index (χ1n) is 9.51. The first-order chi connectivity index (χ1) is 13.2. The molecule has 2 heterocycles. The van der Waals surface area contributed by atoms with Crippen molar-refractivity contribution >= 4 is 28.4 Å². The summed E-state index contributed by atoms with van der Waals surface area (Å²) >= 11 is 6.27. The van der Waals surface area contributed by atoms with Crippen LogP contribution in [0.1, 0.15) is 28.9 Å². The number of benzene rings is 2. The first-order valence-corrected chi connectivity index (χ1v) is 9.88. The highest BCUT2D eigenvalue weighted by atomic mass is 35.5. The molecule has 2 N–H and O–H groups in total. The zero-order chi connectivity index (χ0) is 18.6. The van der Waals surface area contributed by atoms with E-state index in [2.05, 4.69) is 21.3 Å². The number of H-pyrrole nitrogens is 1. The first kappa shape index (κ1) is 18.1. The van der Waals surface area contributed by atoms with Gasteiger partial charge in [0.1, 0.15) is 5.69 Å². The standard InChI is InChI=1S/C22H24ClN3O/c23-19-7-3-1-6-18(19)15-26-11-9-16(10-12-26)14-24-22(27)21-13-17-5-2-4-8-20(17)25-21/h1-8,13,16,25H,9-12,14-15H2,(H,24,27). The molecule has 3 aromatic rings. The van der Waals surface area contributed by atoms with E-state index in [-0.39, 0.29) is 5.91 Å². The number of aromatic amines is 1. The molecule has 0 spiro atoms. The minimum Gasteiger partial charge on any atom is -0.351 e. The number of hydrogen-bond acceptors (Lipinski definition) is 2. The van der Waals surface area contributed by atoms with Crippen LogP contribution in [0.15, 0.2) is 54.6 Å². The molecule has 5 heteroatoms. The van der Waals surface area contributed by atoms with Gasteiger partial charge in [-0.3, -0.25) is 9.69 Å². The van der Waals surface area contributed by atoms with Gasteiger partial charge in [0, 0.05) is 29.0 Å². The predicted molar refractivity (Wildman–Crippen MR) is 110 cm³/mol. The molecule has 0 saturated carbocycles. The fourth-order valence-corrected chi connectivity index (χ4v) is 3.94. The molecular formula is C22H24ClN3O. The highest BCUT2D eigenvalue weighted by molar-refractivity contribution is 6.31. The summed E-state index contributed by atoms with van der Waals surface area (Å²) in [7, 11) is 0. The molecule has 0 radical (unpaired) electrons. The van der Waals surface area contributed by atoms with Crippen molar-refractivity contribution in [3.05, 3.63) is 70.9 Å². The van der Waals surface area contributed by atoms with Crippen LogP contribution in [0, 0.1) is 5.92 Å². The van der Waals surface area contributed by atoms with E-state index in [9.17, 15) is 4.79 Å². The van der Waals surface area contributed by atoms with Crippen LogP contribution in [0.5, 0.6) is 0 Å². The molecule has 0 aliphatic carbocycles. The summed E-state index contributed by atoms with van der Waals surface area (Å²) in [6, 6.07) is 17.9. The second kappa shape index (κ2) is 8.15. The Morgan fingerprint density at radius 3 is 2.63 bits per heavy atom. The number of aromatic nitrogens is 1. The second-order valence-electron chi connectivity index (χ2n) is 7.29. The van der Waals surface area contributed by atoms with Crippen molar-refractivity contribution in [2.75, 3.05) is 19.6 Å². The van der Waals surface area contributed by atoms with Gasteiger partial charge in [-0.1, -0.05) is 48.0 Å². The third kappa shape index (κ3) is 4.34. The van der Waals surface area contributed by atoms with Crippen LogP contribution >= 0.6 is 11.6 Å². The van der Waals surface area contributed by atoms with E-state index >= 15 is 0 Å². The molecule has 1 amide bonds. The summed E-state index contributed by atoms with van der Waals surface area (Å²) < 4.78 is 0. The van der Waals surface area contributed by atoms with Crippen molar-refractivity contribution in [2.45, 2.75) is 19.4 Å². The third-order valence-electron chi connectivity index (χ3n) is 5.38. The monoisotopic (exact) mass is 381 g/mol. The lowest BCUT2D eigenvalue weighted by Gasteiger charge is -2.32. The molecular weight excluding hydrogens is 358 g/mol. The van der Waals surface area contributed by atoms with E-state index in [4.69, 9.17) is 11.6 Å². The largest absolute Gasteiger partial charge is 0.351 e. The van der Waals surface area contributed by atoms with E-state index in [0.717, 1.165) is 54.9 Å². The van der Waals surface area contributed by atoms with E-state index < -0.39 is 0 Å². The van der Waals surface area contributed by atoms with Crippen LogP contribution in [-0.2, 0) is 6.54 Å². The van der Waals surface area contributed by atoms with Crippen molar-refractivity contribution in [3.63, 3.8) is 0 Å². The number of carbonyl (C=O) groups excluding carboxylic acids is 1. The Morgan fingerprint density at radius 2 is 1.85 bits per heavy atom. The summed E-state index contributed by atoms with van der Waals surface area (Å²) in [5, 5.41) is 5.00. The molecule has 1 saturated heterocycles. The van der Waals surface area contributed by atoms with Gasteiger partial charge in [-0.15, -0.1) is 0 Å². The molecule has 4 rings (SSSR count). The third-order valence-corrected chi connectivity index (χ3v) is 5.75. The van der Waals surface area contributed by atoms with Crippen LogP contribution in [0.4, 0.5) is 0 Å². The molecule has 140 valence electrons. The maximum absolute atomic E-state index is 12.4. The van der Waals surface area contributed by atoms with Crippen LogP contribution in [-0.4, -0.2) is 35.4 Å². The molecule has 2 aromatic carbocycles. The van der Waals surface area contributed by atoms with Gasteiger partial charge in [-0.25, -0.2) is 0 Å². The number of hydrogen-bond donors (Lipinski definition) is 2. The van der Waals surface area contributed by atoms with E-state index in [1.54, 1.807) is 0 Å². The number of halogens is 1. The lowest BCUT2D eigenvalue weighted by atomic mass is 9.96. The molecule has 4 nitrogen and oxygen atoms in total. The summed E-state index contributed by atoms with van der Waals surface area (Å²) in [6.07, 6.45) is 2.19. The van der Waals surface area contributed by atoms with Gasteiger partial charge in [0.15, 0.2) is 0 Å². The highest BCUT2D eigenvalue weighted by Crippen LogP contribution is 2.22. The summed E-state index contributed by atoms with van der Waals surface area (Å²) in [4.78, 5) is 18.1. The topological polar surface area (TPSA) is 48.1 Å².